The van der Waals surface area contributed by atoms with Crippen LogP contribution in [0.3, 0.4) is 0 Å². The molecule has 1 heterocycles. The van der Waals surface area contributed by atoms with Gasteiger partial charge in [-0.15, -0.1) is 0 Å². The maximum atomic E-state index is 9.05. The number of aryl methyl sites for hydroxylation is 1. The first-order valence-corrected chi connectivity index (χ1v) is 8.32. The molecule has 0 saturated carbocycles. The molecule has 0 fully saturated rings. The molecule has 0 aliphatic heterocycles. The molecule has 1 unspecified atom stereocenters. The lowest BCUT2D eigenvalue weighted by molar-refractivity contribution is 0.548. The Bertz CT molecular complexity index is 1020. The van der Waals surface area contributed by atoms with Gasteiger partial charge in [0.2, 0.25) is 0 Å². The highest BCUT2D eigenvalue weighted by Crippen LogP contribution is 2.35. The van der Waals surface area contributed by atoms with E-state index >= 15 is 0 Å². The third-order valence-corrected chi connectivity index (χ3v) is 4.69. The van der Waals surface area contributed by atoms with Crippen LogP contribution in [-0.2, 0) is 6.42 Å². The molecule has 1 atom stereocenters. The van der Waals surface area contributed by atoms with Gasteiger partial charge in [-0.25, -0.2) is 4.98 Å². The van der Waals surface area contributed by atoms with Crippen molar-refractivity contribution < 1.29 is 4.42 Å². The summed E-state index contributed by atoms with van der Waals surface area (Å²) in [6.45, 7) is 0. The van der Waals surface area contributed by atoms with E-state index in [0.717, 1.165) is 18.5 Å². The Morgan fingerprint density at radius 2 is 2.19 bits per heavy atom. The summed E-state index contributed by atoms with van der Waals surface area (Å²) in [5, 5.41) is 20.9. The van der Waals surface area contributed by atoms with Crippen molar-refractivity contribution in [3.05, 3.63) is 77.0 Å². The summed E-state index contributed by atoms with van der Waals surface area (Å²) >= 11 is 0. The van der Waals surface area contributed by atoms with Gasteiger partial charge in [0, 0.05) is 16.9 Å². The summed E-state index contributed by atoms with van der Waals surface area (Å²) in [6.07, 6.45) is 4.71. The van der Waals surface area contributed by atoms with Crippen LogP contribution in [0, 0.1) is 16.7 Å². The fraction of sp³-hybridized carbons (Fsp3) is 0.150. The van der Waals surface area contributed by atoms with Gasteiger partial charge in [0.05, 0.1) is 23.9 Å². The molecular weight excluding hydrogens is 326 g/mol. The van der Waals surface area contributed by atoms with E-state index < -0.39 is 0 Å². The van der Waals surface area contributed by atoms with E-state index in [4.69, 9.17) is 20.8 Å². The highest BCUT2D eigenvalue weighted by atomic mass is 16.3. The number of nitrogens with one attached hydrogen (secondary N) is 2. The topological polar surface area (TPSA) is 112 Å². The monoisotopic (exact) mass is 343 g/mol. The van der Waals surface area contributed by atoms with Crippen molar-refractivity contribution in [2.45, 2.75) is 18.9 Å². The minimum atomic E-state index is 0.175. The molecule has 0 saturated heterocycles. The highest BCUT2D eigenvalue weighted by Gasteiger charge is 2.23. The molecule has 1 aliphatic rings. The third-order valence-electron chi connectivity index (χ3n) is 4.69. The number of anilines is 2. The second-order valence-corrected chi connectivity index (χ2v) is 6.30. The van der Waals surface area contributed by atoms with E-state index in [1.165, 1.54) is 23.7 Å². The van der Waals surface area contributed by atoms with Crippen LogP contribution in [0.2, 0.25) is 0 Å². The molecule has 6 nitrogen and oxygen atoms in total. The summed E-state index contributed by atoms with van der Waals surface area (Å²) in [5.41, 5.74) is 11.4. The average molecular weight is 343 g/mol. The average Bonchev–Trinajstić information content (AvgIpc) is 3.32. The molecule has 2 aromatic carbocycles. The number of nitriles is 1. The Hall–Kier alpha value is -3.59. The number of hydrogen-bond donors (Lipinski definition) is 3. The second-order valence-electron chi connectivity index (χ2n) is 6.30. The van der Waals surface area contributed by atoms with E-state index in [1.807, 2.05) is 30.3 Å². The van der Waals surface area contributed by atoms with Crippen LogP contribution in [0.1, 0.15) is 40.5 Å². The van der Waals surface area contributed by atoms with Crippen LogP contribution >= 0.6 is 0 Å². The van der Waals surface area contributed by atoms with Crippen molar-refractivity contribution >= 4 is 17.1 Å². The number of aromatic nitrogens is 1. The zero-order valence-electron chi connectivity index (χ0n) is 14.0. The van der Waals surface area contributed by atoms with Crippen molar-refractivity contribution in [3.8, 4) is 6.07 Å². The Balaban J connectivity index is 1.60. The van der Waals surface area contributed by atoms with Gasteiger partial charge in [0.25, 0.3) is 0 Å². The maximum absolute atomic E-state index is 9.05. The number of benzene rings is 2. The van der Waals surface area contributed by atoms with E-state index in [1.54, 1.807) is 6.07 Å². The van der Waals surface area contributed by atoms with Gasteiger partial charge in [0.1, 0.15) is 5.71 Å². The van der Waals surface area contributed by atoms with Gasteiger partial charge in [-0.3, -0.25) is 5.41 Å². The molecule has 6 heteroatoms. The third kappa shape index (κ3) is 2.80. The van der Waals surface area contributed by atoms with Gasteiger partial charge in [0.15, 0.2) is 12.2 Å². The number of nitrogens with zero attached hydrogens (tertiary/aromatic N) is 2. The zero-order valence-corrected chi connectivity index (χ0v) is 14.0. The summed E-state index contributed by atoms with van der Waals surface area (Å²) in [7, 11) is 0. The highest BCUT2D eigenvalue weighted by molar-refractivity contribution is 6.12. The first-order chi connectivity index (χ1) is 12.7. The molecule has 128 valence electrons. The minimum Gasteiger partial charge on any atom is -0.442 e. The normalized spacial score (nSPS) is 15.3. The smallest absolute Gasteiger partial charge is 0.181 e. The molecule has 4 N–H and O–H groups in total. The predicted octanol–water partition coefficient (Wildman–Crippen LogP) is 3.64. The lowest BCUT2D eigenvalue weighted by Crippen LogP contribution is -2.10. The van der Waals surface area contributed by atoms with E-state index in [0.29, 0.717) is 22.6 Å². The summed E-state index contributed by atoms with van der Waals surface area (Å²) in [4.78, 5) is 3.86. The quantitative estimate of drug-likeness (QED) is 0.494. The van der Waals surface area contributed by atoms with E-state index in [9.17, 15) is 0 Å². The molecule has 3 aromatic rings. The van der Waals surface area contributed by atoms with Crippen LogP contribution in [0.15, 0.2) is 53.4 Å². The van der Waals surface area contributed by atoms with Gasteiger partial charge < -0.3 is 15.5 Å². The number of nitrogens with two attached hydrogens (primary N) is 1. The van der Waals surface area contributed by atoms with Gasteiger partial charge in [-0.2, -0.15) is 5.26 Å². The van der Waals surface area contributed by atoms with Crippen molar-refractivity contribution in [2.24, 2.45) is 0 Å². The Labute approximate surface area is 150 Å². The Morgan fingerprint density at radius 3 is 2.96 bits per heavy atom. The lowest BCUT2D eigenvalue weighted by atomic mass is 10.0. The summed E-state index contributed by atoms with van der Waals surface area (Å²) in [6, 6.07) is 13.8. The molecule has 0 bridgehead atoms. The van der Waals surface area contributed by atoms with Crippen LogP contribution < -0.4 is 11.1 Å². The van der Waals surface area contributed by atoms with Crippen molar-refractivity contribution in [1.29, 1.82) is 10.7 Å². The standard InChI is InChI=1S/C20H17N5O/c21-9-12-1-4-15-13(7-12)2-6-18(15)25-14-3-5-17(22)16(8-14)20(23)19-10-24-11-26-19/h1,3-5,7-8,10-11,18,23,25H,2,6,22H2. The fourth-order valence-corrected chi connectivity index (χ4v) is 3.37. The summed E-state index contributed by atoms with van der Waals surface area (Å²) in [5.74, 6) is 0.379. The largest absolute Gasteiger partial charge is 0.442 e. The minimum absolute atomic E-state index is 0.175. The zero-order chi connectivity index (χ0) is 18.1. The first kappa shape index (κ1) is 15.9. The number of fused-ring (bicyclic) bond motifs is 1. The lowest BCUT2D eigenvalue weighted by Gasteiger charge is -2.17. The number of rotatable bonds is 4. The fourth-order valence-electron chi connectivity index (χ4n) is 3.37. The number of hydrogen-bond acceptors (Lipinski definition) is 6. The van der Waals surface area contributed by atoms with Crippen molar-refractivity contribution in [2.75, 3.05) is 11.1 Å². The van der Waals surface area contributed by atoms with Gasteiger partial charge >= 0.3 is 0 Å². The van der Waals surface area contributed by atoms with E-state index in [-0.39, 0.29) is 11.8 Å². The van der Waals surface area contributed by atoms with Crippen LogP contribution in [0.5, 0.6) is 0 Å². The van der Waals surface area contributed by atoms with Crippen molar-refractivity contribution in [3.63, 3.8) is 0 Å². The molecule has 4 rings (SSSR count). The SMILES string of the molecule is N#Cc1ccc2c(c1)CCC2Nc1ccc(N)c(C(=N)c2cnco2)c1. The van der Waals surface area contributed by atoms with Crippen LogP contribution in [-0.4, -0.2) is 10.7 Å². The number of nitrogen functional groups attached to an aromatic ring is 1. The molecule has 0 radical (unpaired) electrons. The Kier molecular flexibility index (Phi) is 3.90. The number of oxazole rings is 1. The van der Waals surface area contributed by atoms with E-state index in [2.05, 4.69) is 16.4 Å². The van der Waals surface area contributed by atoms with Crippen LogP contribution in [0.4, 0.5) is 11.4 Å². The van der Waals surface area contributed by atoms with Gasteiger partial charge in [-0.1, -0.05) is 6.07 Å². The molecule has 1 aliphatic carbocycles. The predicted molar refractivity (Wildman–Crippen MR) is 99.1 cm³/mol. The molecule has 26 heavy (non-hydrogen) atoms. The van der Waals surface area contributed by atoms with Crippen LogP contribution in [0.25, 0.3) is 0 Å². The second kappa shape index (κ2) is 6.37. The van der Waals surface area contributed by atoms with Gasteiger partial charge in [-0.05, 0) is 54.3 Å². The molecule has 0 spiro atoms. The van der Waals surface area contributed by atoms with Crippen molar-refractivity contribution in [1.82, 2.24) is 4.98 Å². The summed E-state index contributed by atoms with van der Waals surface area (Å²) < 4.78 is 5.21. The molecule has 0 amide bonds. The first-order valence-electron chi connectivity index (χ1n) is 8.32. The molecular formula is C20H17N5O. The Morgan fingerprint density at radius 1 is 1.31 bits per heavy atom. The molecule has 1 aromatic heterocycles. The maximum Gasteiger partial charge on any atom is 0.181 e.